The molecule has 1 heterocycles. The van der Waals surface area contributed by atoms with Gasteiger partial charge in [0.25, 0.3) is 11.8 Å². The lowest BCUT2D eigenvalue weighted by Gasteiger charge is -2.14. The van der Waals surface area contributed by atoms with Crippen LogP contribution in [0.5, 0.6) is 0 Å². The molecule has 2 N–H and O–H groups in total. The van der Waals surface area contributed by atoms with E-state index in [0.717, 1.165) is 10.5 Å². The van der Waals surface area contributed by atoms with Crippen LogP contribution < -0.4 is 10.6 Å². The fraction of sp³-hybridized carbons (Fsp3) is 0.238. The van der Waals surface area contributed by atoms with E-state index in [9.17, 15) is 19.2 Å². The molecule has 0 bridgehead atoms. The minimum Gasteiger partial charge on any atom is -0.345 e. The van der Waals surface area contributed by atoms with Crippen molar-refractivity contribution < 1.29 is 19.2 Å². The molecule has 29 heavy (non-hydrogen) atoms. The highest BCUT2D eigenvalue weighted by atomic mass is 16.2. The standard InChI is InChI=1S/C21H22N4O4/c1-24(2)19(27)15-9-6-10-16(12-15)22-18(26)13-25-20(28)17(23-21(25)29)11-14-7-4-3-5-8-14/h3-10,12,17H,11,13H2,1-2H3,(H,22,26)(H,23,29)/t17-/m1/s1. The van der Waals surface area contributed by atoms with Gasteiger partial charge in [-0.2, -0.15) is 0 Å². The Kier molecular flexibility index (Phi) is 5.92. The van der Waals surface area contributed by atoms with Gasteiger partial charge in [0.1, 0.15) is 12.6 Å². The van der Waals surface area contributed by atoms with Crippen LogP contribution in [0.4, 0.5) is 10.5 Å². The molecule has 5 amide bonds. The van der Waals surface area contributed by atoms with Crippen LogP contribution in [0, 0.1) is 0 Å². The van der Waals surface area contributed by atoms with Crippen molar-refractivity contribution >= 4 is 29.4 Å². The van der Waals surface area contributed by atoms with Gasteiger partial charge in [-0.15, -0.1) is 0 Å². The molecule has 0 unspecified atom stereocenters. The fourth-order valence-corrected chi connectivity index (χ4v) is 3.05. The van der Waals surface area contributed by atoms with E-state index in [4.69, 9.17) is 0 Å². The van der Waals surface area contributed by atoms with Gasteiger partial charge in [-0.25, -0.2) is 4.79 Å². The first-order valence-electron chi connectivity index (χ1n) is 9.12. The second-order valence-electron chi connectivity index (χ2n) is 6.94. The number of nitrogens with one attached hydrogen (secondary N) is 2. The van der Waals surface area contributed by atoms with Crippen molar-refractivity contribution in [2.24, 2.45) is 0 Å². The number of hydrogen-bond donors (Lipinski definition) is 2. The van der Waals surface area contributed by atoms with E-state index in [2.05, 4.69) is 10.6 Å². The summed E-state index contributed by atoms with van der Waals surface area (Å²) in [7, 11) is 3.27. The van der Waals surface area contributed by atoms with E-state index in [0.29, 0.717) is 17.7 Å². The van der Waals surface area contributed by atoms with Gasteiger partial charge in [-0.1, -0.05) is 36.4 Å². The largest absolute Gasteiger partial charge is 0.345 e. The van der Waals surface area contributed by atoms with E-state index >= 15 is 0 Å². The second-order valence-corrected chi connectivity index (χ2v) is 6.94. The van der Waals surface area contributed by atoms with E-state index in [1.165, 1.54) is 4.90 Å². The Labute approximate surface area is 168 Å². The first-order valence-corrected chi connectivity index (χ1v) is 9.12. The number of rotatable bonds is 6. The Bertz CT molecular complexity index is 943. The van der Waals surface area contributed by atoms with Crippen molar-refractivity contribution in [3.8, 4) is 0 Å². The predicted molar refractivity (Wildman–Crippen MR) is 107 cm³/mol. The Morgan fingerprint density at radius 3 is 2.48 bits per heavy atom. The minimum absolute atomic E-state index is 0.195. The van der Waals surface area contributed by atoms with Crippen LogP contribution in [-0.2, 0) is 16.0 Å². The van der Waals surface area contributed by atoms with Crippen molar-refractivity contribution in [1.29, 1.82) is 0 Å². The number of imide groups is 1. The third-order valence-corrected chi connectivity index (χ3v) is 4.49. The van der Waals surface area contributed by atoms with Gasteiger partial charge in [-0.3, -0.25) is 19.3 Å². The van der Waals surface area contributed by atoms with Crippen LogP contribution >= 0.6 is 0 Å². The maximum Gasteiger partial charge on any atom is 0.325 e. The zero-order valence-corrected chi connectivity index (χ0v) is 16.2. The summed E-state index contributed by atoms with van der Waals surface area (Å²) in [4.78, 5) is 51.4. The smallest absolute Gasteiger partial charge is 0.325 e. The SMILES string of the molecule is CN(C)C(=O)c1cccc(NC(=O)CN2C(=O)N[C@H](Cc3ccccc3)C2=O)c1. The molecular weight excluding hydrogens is 372 g/mol. The van der Waals surface area contributed by atoms with E-state index < -0.39 is 30.4 Å². The van der Waals surface area contributed by atoms with E-state index in [1.54, 1.807) is 38.4 Å². The minimum atomic E-state index is -0.696. The Morgan fingerprint density at radius 2 is 1.79 bits per heavy atom. The van der Waals surface area contributed by atoms with Gasteiger partial charge in [0, 0.05) is 31.8 Å². The summed E-state index contributed by atoms with van der Waals surface area (Å²) >= 11 is 0. The van der Waals surface area contributed by atoms with Gasteiger partial charge < -0.3 is 15.5 Å². The summed E-state index contributed by atoms with van der Waals surface area (Å²) in [5.41, 5.74) is 1.75. The third kappa shape index (κ3) is 4.78. The number of carbonyl (C=O) groups is 4. The number of carbonyl (C=O) groups excluding carboxylic acids is 4. The van der Waals surface area contributed by atoms with Crippen LogP contribution in [0.15, 0.2) is 54.6 Å². The van der Waals surface area contributed by atoms with Gasteiger partial charge in [0.15, 0.2) is 0 Å². The number of nitrogens with zero attached hydrogens (tertiary/aromatic N) is 2. The van der Waals surface area contributed by atoms with Gasteiger partial charge in [-0.05, 0) is 23.8 Å². The average molecular weight is 394 g/mol. The molecule has 150 valence electrons. The average Bonchev–Trinajstić information content (AvgIpc) is 2.95. The van der Waals surface area contributed by atoms with E-state index in [-0.39, 0.29) is 5.91 Å². The maximum atomic E-state index is 12.5. The lowest BCUT2D eigenvalue weighted by Crippen LogP contribution is -2.38. The van der Waals surface area contributed by atoms with Crippen LogP contribution in [0.2, 0.25) is 0 Å². The number of anilines is 1. The Balaban J connectivity index is 1.62. The maximum absolute atomic E-state index is 12.5. The molecule has 1 atom stereocenters. The third-order valence-electron chi connectivity index (χ3n) is 4.49. The molecule has 1 aliphatic heterocycles. The molecule has 0 saturated carbocycles. The highest BCUT2D eigenvalue weighted by Gasteiger charge is 2.38. The zero-order chi connectivity index (χ0) is 21.0. The lowest BCUT2D eigenvalue weighted by atomic mass is 10.1. The summed E-state index contributed by atoms with van der Waals surface area (Å²) in [5, 5.41) is 5.24. The number of amides is 5. The Hall–Kier alpha value is -3.68. The highest BCUT2D eigenvalue weighted by Crippen LogP contribution is 2.14. The number of urea groups is 1. The topological polar surface area (TPSA) is 98.8 Å². The second kappa shape index (κ2) is 8.55. The highest BCUT2D eigenvalue weighted by molar-refractivity contribution is 6.08. The van der Waals surface area contributed by atoms with Crippen molar-refractivity contribution in [2.75, 3.05) is 26.0 Å². The quantitative estimate of drug-likeness (QED) is 0.725. The summed E-state index contributed by atoms with van der Waals surface area (Å²) in [6, 6.07) is 14.5. The van der Waals surface area contributed by atoms with Crippen LogP contribution in [0.3, 0.4) is 0 Å². The number of benzene rings is 2. The molecule has 1 aliphatic rings. The molecule has 8 heteroatoms. The molecule has 0 aromatic heterocycles. The van der Waals surface area contributed by atoms with E-state index in [1.807, 2.05) is 30.3 Å². The van der Waals surface area contributed by atoms with Gasteiger partial charge in [0.2, 0.25) is 5.91 Å². The zero-order valence-electron chi connectivity index (χ0n) is 16.2. The first kappa shape index (κ1) is 20.1. The normalized spacial score (nSPS) is 15.8. The molecule has 1 fully saturated rings. The molecule has 3 rings (SSSR count). The van der Waals surface area contributed by atoms with Crippen LogP contribution in [0.1, 0.15) is 15.9 Å². The monoisotopic (exact) mass is 394 g/mol. The van der Waals surface area contributed by atoms with Crippen molar-refractivity contribution in [3.05, 3.63) is 65.7 Å². The van der Waals surface area contributed by atoms with Crippen molar-refractivity contribution in [1.82, 2.24) is 15.1 Å². The Morgan fingerprint density at radius 1 is 1.07 bits per heavy atom. The first-order chi connectivity index (χ1) is 13.8. The summed E-state index contributed by atoms with van der Waals surface area (Å²) in [6.07, 6.45) is 0.359. The van der Waals surface area contributed by atoms with Crippen molar-refractivity contribution in [2.45, 2.75) is 12.5 Å². The van der Waals surface area contributed by atoms with Crippen LogP contribution in [0.25, 0.3) is 0 Å². The lowest BCUT2D eigenvalue weighted by molar-refractivity contribution is -0.130. The molecule has 2 aromatic carbocycles. The molecular formula is C21H22N4O4. The predicted octanol–water partition coefficient (Wildman–Crippen LogP) is 1.49. The van der Waals surface area contributed by atoms with Gasteiger partial charge >= 0.3 is 6.03 Å². The molecule has 1 saturated heterocycles. The number of hydrogen-bond acceptors (Lipinski definition) is 4. The van der Waals surface area contributed by atoms with Gasteiger partial charge in [0.05, 0.1) is 0 Å². The molecule has 8 nitrogen and oxygen atoms in total. The summed E-state index contributed by atoms with van der Waals surface area (Å²) in [6.45, 7) is -0.401. The summed E-state index contributed by atoms with van der Waals surface area (Å²) in [5.74, 6) is -1.16. The van der Waals surface area contributed by atoms with Crippen LogP contribution in [-0.4, -0.2) is 60.2 Å². The fourth-order valence-electron chi connectivity index (χ4n) is 3.05. The molecule has 0 aliphatic carbocycles. The summed E-state index contributed by atoms with van der Waals surface area (Å²) < 4.78 is 0. The molecule has 2 aromatic rings. The molecule has 0 spiro atoms. The van der Waals surface area contributed by atoms with Crippen molar-refractivity contribution in [3.63, 3.8) is 0 Å². The molecule has 0 radical (unpaired) electrons.